The lowest BCUT2D eigenvalue weighted by molar-refractivity contribution is -0.137. The summed E-state index contributed by atoms with van der Waals surface area (Å²) in [4.78, 5) is 21.6. The van der Waals surface area contributed by atoms with Crippen molar-refractivity contribution in [2.75, 3.05) is 13.2 Å². The lowest BCUT2D eigenvalue weighted by atomic mass is 10.1. The zero-order valence-electron chi connectivity index (χ0n) is 16.8. The molecule has 0 aromatic carbocycles. The summed E-state index contributed by atoms with van der Waals surface area (Å²) < 4.78 is 11.9. The van der Waals surface area contributed by atoms with E-state index in [1.54, 1.807) is 0 Å². The van der Waals surface area contributed by atoms with Crippen LogP contribution in [0, 0.1) is 0 Å². The summed E-state index contributed by atoms with van der Waals surface area (Å²) in [7, 11) is 0. The SMILES string of the molecule is O=C(O)CNC(=O)CCC/C=C\CCCCCCC/C=C\CCCCCF. The molecule has 0 radical (unpaired) electrons. The molecule has 1 amide bonds. The summed E-state index contributed by atoms with van der Waals surface area (Å²) in [6.07, 6.45) is 23.2. The van der Waals surface area contributed by atoms with Crippen molar-refractivity contribution in [1.82, 2.24) is 5.32 Å². The number of hydrogen-bond donors (Lipinski definition) is 2. The summed E-state index contributed by atoms with van der Waals surface area (Å²) >= 11 is 0. The van der Waals surface area contributed by atoms with Crippen LogP contribution >= 0.6 is 0 Å². The van der Waals surface area contributed by atoms with E-state index in [4.69, 9.17) is 5.11 Å². The summed E-state index contributed by atoms with van der Waals surface area (Å²) in [6, 6.07) is 0. The molecule has 0 bridgehead atoms. The van der Waals surface area contributed by atoms with E-state index in [0.29, 0.717) is 12.8 Å². The number of carboxylic acids is 1. The topological polar surface area (TPSA) is 66.4 Å². The summed E-state index contributed by atoms with van der Waals surface area (Å²) in [5.41, 5.74) is 0. The van der Waals surface area contributed by atoms with Crippen molar-refractivity contribution in [2.24, 2.45) is 0 Å². The van der Waals surface area contributed by atoms with E-state index in [2.05, 4.69) is 29.6 Å². The maximum Gasteiger partial charge on any atom is 0.322 e. The molecule has 0 atom stereocenters. The molecule has 0 saturated carbocycles. The van der Waals surface area contributed by atoms with Gasteiger partial charge in [-0.25, -0.2) is 0 Å². The number of amides is 1. The van der Waals surface area contributed by atoms with Gasteiger partial charge in [0.15, 0.2) is 0 Å². The predicted octanol–water partition coefficient (Wildman–Crippen LogP) is 5.73. The van der Waals surface area contributed by atoms with Crippen LogP contribution in [-0.4, -0.2) is 30.2 Å². The third-order valence-corrected chi connectivity index (χ3v) is 4.29. The Morgan fingerprint density at radius 1 is 0.704 bits per heavy atom. The first-order valence-electron chi connectivity index (χ1n) is 10.5. The van der Waals surface area contributed by atoms with Crippen molar-refractivity contribution in [2.45, 2.75) is 89.9 Å². The van der Waals surface area contributed by atoms with Crippen LogP contribution in [0.5, 0.6) is 0 Å². The smallest absolute Gasteiger partial charge is 0.322 e. The van der Waals surface area contributed by atoms with Crippen molar-refractivity contribution in [3.63, 3.8) is 0 Å². The molecule has 0 aromatic heterocycles. The predicted molar refractivity (Wildman–Crippen MR) is 110 cm³/mol. The number of alkyl halides is 1. The third kappa shape index (κ3) is 22.3. The van der Waals surface area contributed by atoms with E-state index < -0.39 is 5.97 Å². The van der Waals surface area contributed by atoms with Crippen molar-refractivity contribution >= 4 is 11.9 Å². The Morgan fingerprint density at radius 3 is 1.63 bits per heavy atom. The average molecular weight is 384 g/mol. The Balaban J connectivity index is 3.25. The minimum Gasteiger partial charge on any atom is -0.480 e. The zero-order chi connectivity index (χ0) is 20.0. The molecule has 0 heterocycles. The number of unbranched alkanes of at least 4 members (excludes halogenated alkanes) is 10. The van der Waals surface area contributed by atoms with E-state index >= 15 is 0 Å². The summed E-state index contributed by atoms with van der Waals surface area (Å²) in [5, 5.41) is 10.8. The first-order valence-corrected chi connectivity index (χ1v) is 10.5. The standard InChI is InChI=1S/C22H38FNO3/c23-19-17-15-13-11-9-7-5-3-1-2-4-6-8-10-12-14-16-18-21(25)24-20-22(26)27/h7,9-10,12H,1-6,8,11,13-20H2,(H,24,25)(H,26,27)/b9-7-,12-10-. The van der Waals surface area contributed by atoms with Crippen LogP contribution < -0.4 is 5.32 Å². The van der Waals surface area contributed by atoms with Crippen LogP contribution in [0.25, 0.3) is 0 Å². The van der Waals surface area contributed by atoms with Crippen molar-refractivity contribution < 1.29 is 19.1 Å². The molecule has 0 aromatic rings. The van der Waals surface area contributed by atoms with Gasteiger partial charge in [-0.15, -0.1) is 0 Å². The van der Waals surface area contributed by atoms with Gasteiger partial charge in [0, 0.05) is 6.42 Å². The maximum absolute atomic E-state index is 11.9. The maximum atomic E-state index is 11.9. The molecular weight excluding hydrogens is 345 g/mol. The van der Waals surface area contributed by atoms with Crippen LogP contribution in [0.15, 0.2) is 24.3 Å². The van der Waals surface area contributed by atoms with Gasteiger partial charge in [0.05, 0.1) is 6.67 Å². The lowest BCUT2D eigenvalue weighted by Gasteiger charge is -2.00. The molecule has 0 spiro atoms. The van der Waals surface area contributed by atoms with Gasteiger partial charge in [0.2, 0.25) is 5.91 Å². The van der Waals surface area contributed by atoms with Gasteiger partial charge in [0.25, 0.3) is 0 Å². The second-order valence-corrected chi connectivity index (χ2v) is 6.89. The molecule has 4 nitrogen and oxygen atoms in total. The van der Waals surface area contributed by atoms with Crippen LogP contribution in [0.2, 0.25) is 0 Å². The van der Waals surface area contributed by atoms with Crippen LogP contribution in [0.4, 0.5) is 4.39 Å². The van der Waals surface area contributed by atoms with E-state index in [-0.39, 0.29) is 19.1 Å². The number of carbonyl (C=O) groups excluding carboxylic acids is 1. The molecule has 0 fully saturated rings. The monoisotopic (exact) mass is 383 g/mol. The highest BCUT2D eigenvalue weighted by molar-refractivity contribution is 5.80. The number of allylic oxidation sites excluding steroid dienone is 4. The summed E-state index contributed by atoms with van der Waals surface area (Å²) in [5.74, 6) is -1.21. The van der Waals surface area contributed by atoms with Crippen LogP contribution in [-0.2, 0) is 9.59 Å². The summed E-state index contributed by atoms with van der Waals surface area (Å²) in [6.45, 7) is -0.485. The van der Waals surface area contributed by atoms with E-state index in [1.165, 1.54) is 32.1 Å². The number of carboxylic acid groups (broad SMARTS) is 1. The molecule has 0 rings (SSSR count). The second kappa shape index (κ2) is 20.7. The Morgan fingerprint density at radius 2 is 1.15 bits per heavy atom. The Hall–Kier alpha value is -1.65. The van der Waals surface area contributed by atoms with Gasteiger partial charge in [-0.1, -0.05) is 50.0 Å². The first-order chi connectivity index (χ1) is 13.2. The van der Waals surface area contributed by atoms with Gasteiger partial charge in [0.1, 0.15) is 6.54 Å². The highest BCUT2D eigenvalue weighted by atomic mass is 19.1. The van der Waals surface area contributed by atoms with Gasteiger partial charge in [-0.05, 0) is 57.8 Å². The number of rotatable bonds is 19. The largest absolute Gasteiger partial charge is 0.480 e. The van der Waals surface area contributed by atoms with Crippen molar-refractivity contribution in [1.29, 1.82) is 0 Å². The second-order valence-electron chi connectivity index (χ2n) is 6.89. The van der Waals surface area contributed by atoms with Gasteiger partial charge < -0.3 is 10.4 Å². The molecular formula is C22H38FNO3. The number of nitrogens with one attached hydrogen (secondary N) is 1. The quantitative estimate of drug-likeness (QED) is 0.221. The Kier molecular flexibility index (Phi) is 19.4. The molecule has 5 heteroatoms. The van der Waals surface area contributed by atoms with Gasteiger partial charge in [-0.3, -0.25) is 14.0 Å². The van der Waals surface area contributed by atoms with E-state index in [1.807, 2.05) is 0 Å². The normalized spacial score (nSPS) is 11.4. The number of aliphatic carboxylic acids is 1. The molecule has 27 heavy (non-hydrogen) atoms. The van der Waals surface area contributed by atoms with Gasteiger partial charge in [-0.2, -0.15) is 0 Å². The Bertz CT molecular complexity index is 422. The Labute approximate surface area is 164 Å². The molecule has 156 valence electrons. The molecule has 0 unspecified atom stereocenters. The zero-order valence-corrected chi connectivity index (χ0v) is 16.8. The van der Waals surface area contributed by atoms with Crippen molar-refractivity contribution in [3.8, 4) is 0 Å². The highest BCUT2D eigenvalue weighted by Gasteiger charge is 2.02. The average Bonchev–Trinajstić information content (AvgIpc) is 2.65. The number of carbonyl (C=O) groups is 2. The van der Waals surface area contributed by atoms with Gasteiger partial charge >= 0.3 is 5.97 Å². The number of halogens is 1. The molecule has 2 N–H and O–H groups in total. The van der Waals surface area contributed by atoms with Crippen LogP contribution in [0.3, 0.4) is 0 Å². The fourth-order valence-corrected chi connectivity index (χ4v) is 2.70. The fourth-order valence-electron chi connectivity index (χ4n) is 2.70. The lowest BCUT2D eigenvalue weighted by Crippen LogP contribution is -2.28. The molecule has 0 aliphatic heterocycles. The molecule has 0 aliphatic carbocycles. The third-order valence-electron chi connectivity index (χ3n) is 4.29. The van der Waals surface area contributed by atoms with E-state index in [0.717, 1.165) is 44.9 Å². The molecule has 0 saturated heterocycles. The van der Waals surface area contributed by atoms with Crippen molar-refractivity contribution in [3.05, 3.63) is 24.3 Å². The van der Waals surface area contributed by atoms with E-state index in [9.17, 15) is 14.0 Å². The minimum absolute atomic E-state index is 0.186. The molecule has 0 aliphatic rings. The number of hydrogen-bond acceptors (Lipinski definition) is 2. The first kappa shape index (κ1) is 25.4. The fraction of sp³-hybridized carbons (Fsp3) is 0.727. The van der Waals surface area contributed by atoms with Crippen LogP contribution in [0.1, 0.15) is 89.9 Å². The minimum atomic E-state index is -1.01. The highest BCUT2D eigenvalue weighted by Crippen LogP contribution is 2.09.